The Morgan fingerprint density at radius 3 is 2.70 bits per heavy atom. The van der Waals surface area contributed by atoms with Gasteiger partial charge in [0, 0.05) is 0 Å². The quantitative estimate of drug-likeness (QED) is 0.940. The van der Waals surface area contributed by atoms with Gasteiger partial charge in [0.2, 0.25) is 0 Å². The van der Waals surface area contributed by atoms with E-state index in [1.165, 1.54) is 11.1 Å². The molecule has 0 spiro atoms. The van der Waals surface area contributed by atoms with Crippen molar-refractivity contribution in [1.82, 2.24) is 5.32 Å². The molecule has 0 aliphatic heterocycles. The predicted octanol–water partition coefficient (Wildman–Crippen LogP) is 3.51. The number of amides is 1. The SMILES string of the molecule is COc1cccc(C(=O)N[C@H]2CCCc3ccccc32)c1OC. The molecule has 2 aromatic carbocycles. The Balaban J connectivity index is 1.86. The summed E-state index contributed by atoms with van der Waals surface area (Å²) >= 11 is 0. The monoisotopic (exact) mass is 311 g/mol. The van der Waals surface area contributed by atoms with Crippen molar-refractivity contribution >= 4 is 5.91 Å². The van der Waals surface area contributed by atoms with E-state index in [2.05, 4.69) is 17.4 Å². The van der Waals surface area contributed by atoms with Crippen molar-refractivity contribution in [1.29, 1.82) is 0 Å². The van der Waals surface area contributed by atoms with E-state index in [-0.39, 0.29) is 11.9 Å². The van der Waals surface area contributed by atoms with Gasteiger partial charge < -0.3 is 14.8 Å². The molecule has 0 radical (unpaired) electrons. The van der Waals surface area contributed by atoms with Crippen LogP contribution in [0.3, 0.4) is 0 Å². The Hall–Kier alpha value is -2.49. The van der Waals surface area contributed by atoms with E-state index in [0.29, 0.717) is 17.1 Å². The summed E-state index contributed by atoms with van der Waals surface area (Å²) in [6.07, 6.45) is 3.11. The third kappa shape index (κ3) is 3.02. The molecule has 0 aromatic heterocycles. The van der Waals surface area contributed by atoms with Gasteiger partial charge in [0.15, 0.2) is 11.5 Å². The third-order valence-electron chi connectivity index (χ3n) is 4.32. The Labute approximate surface area is 136 Å². The molecular weight excluding hydrogens is 290 g/mol. The highest BCUT2D eigenvalue weighted by atomic mass is 16.5. The lowest BCUT2D eigenvalue weighted by molar-refractivity contribution is 0.0929. The molecular formula is C19H21NO3. The zero-order valence-corrected chi connectivity index (χ0v) is 13.5. The summed E-state index contributed by atoms with van der Waals surface area (Å²) in [6, 6.07) is 13.7. The fraction of sp³-hybridized carbons (Fsp3) is 0.316. The van der Waals surface area contributed by atoms with E-state index in [4.69, 9.17) is 9.47 Å². The van der Waals surface area contributed by atoms with E-state index in [1.54, 1.807) is 32.4 Å². The molecule has 4 heteroatoms. The highest BCUT2D eigenvalue weighted by Gasteiger charge is 2.24. The minimum absolute atomic E-state index is 0.0448. The zero-order chi connectivity index (χ0) is 16.2. The number of hydrogen-bond acceptors (Lipinski definition) is 3. The molecule has 1 aliphatic rings. The first-order chi connectivity index (χ1) is 11.2. The first kappa shape index (κ1) is 15.4. The van der Waals surface area contributed by atoms with Crippen LogP contribution in [0.25, 0.3) is 0 Å². The van der Waals surface area contributed by atoms with Gasteiger partial charge in [-0.25, -0.2) is 0 Å². The highest BCUT2D eigenvalue weighted by molar-refractivity contribution is 5.98. The molecule has 3 rings (SSSR count). The van der Waals surface area contributed by atoms with Crippen LogP contribution in [0.1, 0.15) is 40.4 Å². The number of aryl methyl sites for hydroxylation is 1. The van der Waals surface area contributed by atoms with Crippen LogP contribution in [0.15, 0.2) is 42.5 Å². The fourth-order valence-electron chi connectivity index (χ4n) is 3.21. The number of rotatable bonds is 4. The summed E-state index contributed by atoms with van der Waals surface area (Å²) < 4.78 is 10.6. The van der Waals surface area contributed by atoms with E-state index in [9.17, 15) is 4.79 Å². The molecule has 23 heavy (non-hydrogen) atoms. The molecule has 2 aromatic rings. The molecule has 120 valence electrons. The van der Waals surface area contributed by atoms with Crippen LogP contribution < -0.4 is 14.8 Å². The molecule has 0 heterocycles. The minimum atomic E-state index is -0.137. The van der Waals surface area contributed by atoms with Gasteiger partial charge in [-0.1, -0.05) is 30.3 Å². The topological polar surface area (TPSA) is 47.6 Å². The molecule has 4 nitrogen and oxygen atoms in total. The lowest BCUT2D eigenvalue weighted by Gasteiger charge is -2.26. The van der Waals surface area contributed by atoms with Crippen LogP contribution >= 0.6 is 0 Å². The lowest BCUT2D eigenvalue weighted by atomic mass is 9.87. The number of para-hydroxylation sites is 1. The summed E-state index contributed by atoms with van der Waals surface area (Å²) in [7, 11) is 3.11. The maximum absolute atomic E-state index is 12.7. The molecule has 0 saturated carbocycles. The second-order valence-corrected chi connectivity index (χ2v) is 5.66. The van der Waals surface area contributed by atoms with Gasteiger partial charge in [-0.15, -0.1) is 0 Å². The van der Waals surface area contributed by atoms with E-state index in [1.807, 2.05) is 12.1 Å². The van der Waals surface area contributed by atoms with Crippen molar-refractivity contribution in [2.24, 2.45) is 0 Å². The van der Waals surface area contributed by atoms with Crippen LogP contribution in [-0.4, -0.2) is 20.1 Å². The normalized spacial score (nSPS) is 16.3. The molecule has 0 fully saturated rings. The van der Waals surface area contributed by atoms with Crippen LogP contribution in [0, 0.1) is 0 Å². The largest absolute Gasteiger partial charge is 0.493 e. The van der Waals surface area contributed by atoms with Gasteiger partial charge in [0.1, 0.15) is 0 Å². The van der Waals surface area contributed by atoms with Gasteiger partial charge in [-0.05, 0) is 42.5 Å². The second kappa shape index (κ2) is 6.73. The average molecular weight is 311 g/mol. The number of carbonyl (C=O) groups excluding carboxylic acids is 1. The maximum atomic E-state index is 12.7. The Morgan fingerprint density at radius 2 is 1.91 bits per heavy atom. The fourth-order valence-corrected chi connectivity index (χ4v) is 3.21. The Bertz CT molecular complexity index is 712. The number of benzene rings is 2. The smallest absolute Gasteiger partial charge is 0.255 e. The van der Waals surface area contributed by atoms with Crippen molar-refractivity contribution in [3.8, 4) is 11.5 Å². The number of nitrogens with one attached hydrogen (secondary N) is 1. The maximum Gasteiger partial charge on any atom is 0.255 e. The standard InChI is InChI=1S/C19H21NO3/c1-22-17-12-6-10-15(18(17)23-2)19(21)20-16-11-5-8-13-7-3-4-9-14(13)16/h3-4,6-7,9-10,12,16H,5,8,11H2,1-2H3,(H,20,21)/t16-/m0/s1. The average Bonchev–Trinajstić information content (AvgIpc) is 2.61. The van der Waals surface area contributed by atoms with E-state index >= 15 is 0 Å². The van der Waals surface area contributed by atoms with Crippen LogP contribution in [0.4, 0.5) is 0 Å². The number of methoxy groups -OCH3 is 2. The van der Waals surface area contributed by atoms with Gasteiger partial charge in [-0.2, -0.15) is 0 Å². The molecule has 0 saturated heterocycles. The van der Waals surface area contributed by atoms with Gasteiger partial charge >= 0.3 is 0 Å². The van der Waals surface area contributed by atoms with Crippen molar-refractivity contribution in [2.45, 2.75) is 25.3 Å². The molecule has 0 bridgehead atoms. The van der Waals surface area contributed by atoms with Gasteiger partial charge in [0.25, 0.3) is 5.91 Å². The van der Waals surface area contributed by atoms with Gasteiger partial charge in [0.05, 0.1) is 25.8 Å². The first-order valence-electron chi connectivity index (χ1n) is 7.84. The first-order valence-corrected chi connectivity index (χ1v) is 7.84. The van der Waals surface area contributed by atoms with Crippen LogP contribution in [0.5, 0.6) is 11.5 Å². The van der Waals surface area contributed by atoms with Gasteiger partial charge in [-0.3, -0.25) is 4.79 Å². The summed E-state index contributed by atoms with van der Waals surface area (Å²) in [5.74, 6) is 0.892. The van der Waals surface area contributed by atoms with E-state index < -0.39 is 0 Å². The summed E-state index contributed by atoms with van der Waals surface area (Å²) in [6.45, 7) is 0. The van der Waals surface area contributed by atoms with Crippen molar-refractivity contribution < 1.29 is 14.3 Å². The van der Waals surface area contributed by atoms with Crippen molar-refractivity contribution in [2.75, 3.05) is 14.2 Å². The zero-order valence-electron chi connectivity index (χ0n) is 13.5. The molecule has 1 atom stereocenters. The number of ether oxygens (including phenoxy) is 2. The number of carbonyl (C=O) groups is 1. The summed E-state index contributed by atoms with van der Waals surface area (Å²) in [5.41, 5.74) is 3.03. The lowest BCUT2D eigenvalue weighted by Crippen LogP contribution is -2.31. The summed E-state index contributed by atoms with van der Waals surface area (Å²) in [4.78, 5) is 12.7. The van der Waals surface area contributed by atoms with Crippen molar-refractivity contribution in [3.63, 3.8) is 0 Å². The molecule has 1 N–H and O–H groups in total. The number of hydrogen-bond donors (Lipinski definition) is 1. The highest BCUT2D eigenvalue weighted by Crippen LogP contribution is 2.33. The third-order valence-corrected chi connectivity index (χ3v) is 4.32. The predicted molar refractivity (Wildman–Crippen MR) is 89.1 cm³/mol. The number of fused-ring (bicyclic) bond motifs is 1. The van der Waals surface area contributed by atoms with Crippen LogP contribution in [0.2, 0.25) is 0 Å². The molecule has 1 aliphatic carbocycles. The minimum Gasteiger partial charge on any atom is -0.493 e. The summed E-state index contributed by atoms with van der Waals surface area (Å²) in [5, 5.41) is 3.14. The van der Waals surface area contributed by atoms with Crippen LogP contribution in [-0.2, 0) is 6.42 Å². The van der Waals surface area contributed by atoms with E-state index in [0.717, 1.165) is 19.3 Å². The second-order valence-electron chi connectivity index (χ2n) is 5.66. The molecule has 1 amide bonds. The Morgan fingerprint density at radius 1 is 1.09 bits per heavy atom. The Kier molecular flexibility index (Phi) is 4.51. The van der Waals surface area contributed by atoms with Crippen molar-refractivity contribution in [3.05, 3.63) is 59.2 Å². The molecule has 0 unspecified atom stereocenters.